The number of carbonyl (C=O) groups is 2. The Morgan fingerprint density at radius 3 is 2.52 bits per heavy atom. The van der Waals surface area contributed by atoms with Crippen molar-refractivity contribution in [2.24, 2.45) is 0 Å². The first-order valence-corrected chi connectivity index (χ1v) is 9.05. The molecule has 5 nitrogen and oxygen atoms in total. The maximum Gasteiger partial charge on any atom is 0.246 e. The van der Waals surface area contributed by atoms with Crippen molar-refractivity contribution < 1.29 is 14.3 Å². The number of anilines is 1. The number of amides is 2. The molecule has 0 radical (unpaired) electrons. The second kappa shape index (κ2) is 8.00. The van der Waals surface area contributed by atoms with Crippen LogP contribution >= 0.6 is 0 Å². The summed E-state index contributed by atoms with van der Waals surface area (Å²) in [4.78, 5) is 27.0. The van der Waals surface area contributed by atoms with Gasteiger partial charge in [-0.3, -0.25) is 14.5 Å². The number of carbonyl (C=O) groups excluding carboxylic acids is 2. The lowest BCUT2D eigenvalue weighted by atomic mass is 9.96. The van der Waals surface area contributed by atoms with E-state index in [-0.39, 0.29) is 17.9 Å². The van der Waals surface area contributed by atoms with Crippen LogP contribution < -0.4 is 10.2 Å². The lowest BCUT2D eigenvalue weighted by Gasteiger charge is -2.34. The Morgan fingerprint density at radius 2 is 1.92 bits per heavy atom. The van der Waals surface area contributed by atoms with Gasteiger partial charge in [-0.15, -0.1) is 0 Å². The molecule has 1 atom stereocenters. The van der Waals surface area contributed by atoms with E-state index >= 15 is 0 Å². The molecule has 1 N–H and O–H groups in total. The zero-order valence-corrected chi connectivity index (χ0v) is 16.0. The third kappa shape index (κ3) is 4.60. The van der Waals surface area contributed by atoms with Crippen molar-refractivity contribution in [2.45, 2.75) is 65.5 Å². The van der Waals surface area contributed by atoms with Crippen LogP contribution in [0.5, 0.6) is 0 Å². The van der Waals surface area contributed by atoms with Gasteiger partial charge in [-0.05, 0) is 70.7 Å². The van der Waals surface area contributed by atoms with E-state index in [9.17, 15) is 9.59 Å². The third-order valence-corrected chi connectivity index (χ3v) is 4.58. The summed E-state index contributed by atoms with van der Waals surface area (Å²) in [5, 5.41) is 2.98. The molecule has 0 bridgehead atoms. The zero-order valence-electron chi connectivity index (χ0n) is 16.0. The number of nitrogens with zero attached hydrogens (tertiary/aromatic N) is 1. The van der Waals surface area contributed by atoms with E-state index < -0.39 is 5.54 Å². The molecular weight excluding hydrogens is 316 g/mol. The van der Waals surface area contributed by atoms with Crippen LogP contribution in [0.4, 0.5) is 5.69 Å². The normalized spacial score (nSPS) is 20.4. The molecule has 2 rings (SSSR count). The molecule has 25 heavy (non-hydrogen) atoms. The van der Waals surface area contributed by atoms with E-state index in [1.165, 1.54) is 0 Å². The molecule has 5 heteroatoms. The molecule has 1 aliphatic heterocycles. The molecule has 0 unspecified atom stereocenters. The monoisotopic (exact) mass is 346 g/mol. The maximum atomic E-state index is 12.8. The average molecular weight is 346 g/mol. The van der Waals surface area contributed by atoms with Gasteiger partial charge in [0.05, 0.1) is 6.10 Å². The molecule has 1 aliphatic rings. The van der Waals surface area contributed by atoms with E-state index in [1.54, 1.807) is 4.90 Å². The number of nitrogens with one attached hydrogen (secondary N) is 1. The molecule has 1 saturated heterocycles. The van der Waals surface area contributed by atoms with E-state index in [0.717, 1.165) is 23.2 Å². The second-order valence-corrected chi connectivity index (χ2v) is 7.38. The van der Waals surface area contributed by atoms with Crippen LogP contribution in [0.2, 0.25) is 0 Å². The van der Waals surface area contributed by atoms with Crippen LogP contribution in [-0.4, -0.2) is 36.6 Å². The van der Waals surface area contributed by atoms with Crippen molar-refractivity contribution in [3.8, 4) is 0 Å². The van der Waals surface area contributed by atoms with Gasteiger partial charge in [0.2, 0.25) is 11.8 Å². The minimum Gasteiger partial charge on any atom is -0.379 e. The fourth-order valence-electron chi connectivity index (χ4n) is 3.36. The number of benzene rings is 1. The molecule has 0 spiro atoms. The van der Waals surface area contributed by atoms with Crippen LogP contribution in [-0.2, 0) is 14.3 Å². The largest absolute Gasteiger partial charge is 0.379 e. The van der Waals surface area contributed by atoms with Crippen molar-refractivity contribution >= 4 is 17.5 Å². The third-order valence-electron chi connectivity index (χ3n) is 4.58. The Kier molecular flexibility index (Phi) is 6.22. The van der Waals surface area contributed by atoms with E-state index in [0.29, 0.717) is 26.0 Å². The predicted octanol–water partition coefficient (Wildman–Crippen LogP) is 3.12. The molecule has 1 fully saturated rings. The highest BCUT2D eigenvalue weighted by Gasteiger charge is 2.48. The quantitative estimate of drug-likeness (QED) is 0.772. The van der Waals surface area contributed by atoms with Gasteiger partial charge in [0.25, 0.3) is 0 Å². The van der Waals surface area contributed by atoms with Gasteiger partial charge in [-0.2, -0.15) is 0 Å². The van der Waals surface area contributed by atoms with Crippen molar-refractivity contribution in [3.63, 3.8) is 0 Å². The molecule has 0 aromatic heterocycles. The van der Waals surface area contributed by atoms with Gasteiger partial charge < -0.3 is 10.1 Å². The number of aryl methyl sites for hydroxylation is 2. The first-order valence-electron chi connectivity index (χ1n) is 9.05. The Morgan fingerprint density at radius 1 is 1.28 bits per heavy atom. The van der Waals surface area contributed by atoms with Gasteiger partial charge in [-0.1, -0.05) is 6.07 Å². The summed E-state index contributed by atoms with van der Waals surface area (Å²) in [6, 6.07) is 6.01. The highest BCUT2D eigenvalue weighted by atomic mass is 16.5. The molecule has 1 aromatic rings. The minimum absolute atomic E-state index is 0.00536. The topological polar surface area (TPSA) is 58.6 Å². The van der Waals surface area contributed by atoms with Crippen molar-refractivity contribution in [3.05, 3.63) is 29.3 Å². The maximum absolute atomic E-state index is 12.8. The summed E-state index contributed by atoms with van der Waals surface area (Å²) in [6.45, 7) is 11.0. The fourth-order valence-corrected chi connectivity index (χ4v) is 3.36. The average Bonchev–Trinajstić information content (AvgIpc) is 2.82. The van der Waals surface area contributed by atoms with Crippen LogP contribution in [0.3, 0.4) is 0 Å². The predicted molar refractivity (Wildman–Crippen MR) is 99.8 cm³/mol. The Bertz CT molecular complexity index is 622. The smallest absolute Gasteiger partial charge is 0.246 e. The van der Waals surface area contributed by atoms with Crippen LogP contribution in [0, 0.1) is 13.8 Å². The Labute approximate surface area is 150 Å². The molecule has 1 heterocycles. The highest BCUT2D eigenvalue weighted by molar-refractivity contribution is 6.06. The first-order chi connectivity index (χ1) is 11.7. The summed E-state index contributed by atoms with van der Waals surface area (Å²) in [5.41, 5.74) is 2.14. The Hall–Kier alpha value is -1.88. The Balaban J connectivity index is 2.08. The summed E-state index contributed by atoms with van der Waals surface area (Å²) in [6.07, 6.45) is 1.89. The van der Waals surface area contributed by atoms with E-state index in [2.05, 4.69) is 11.4 Å². The molecule has 1 aromatic carbocycles. The van der Waals surface area contributed by atoms with Gasteiger partial charge in [-0.25, -0.2) is 0 Å². The number of hydrogen-bond acceptors (Lipinski definition) is 3. The second-order valence-electron chi connectivity index (χ2n) is 7.38. The summed E-state index contributed by atoms with van der Waals surface area (Å²) in [5.74, 6) is -0.0900. The summed E-state index contributed by atoms with van der Waals surface area (Å²) < 4.78 is 5.49. The molecular formula is C20H30N2O3. The summed E-state index contributed by atoms with van der Waals surface area (Å²) in [7, 11) is 0. The van der Waals surface area contributed by atoms with E-state index in [1.807, 2.05) is 46.8 Å². The van der Waals surface area contributed by atoms with Gasteiger partial charge in [0, 0.05) is 25.3 Å². The van der Waals surface area contributed by atoms with Crippen LogP contribution in [0.15, 0.2) is 18.2 Å². The van der Waals surface area contributed by atoms with Crippen molar-refractivity contribution in [1.29, 1.82) is 0 Å². The lowest BCUT2D eigenvalue weighted by molar-refractivity contribution is -0.127. The SMILES string of the molecule is Cc1cc(C)cc(N2C(=O)CC[C@@]2(C)C(=O)NCCCOC(C)C)c1. The highest BCUT2D eigenvalue weighted by Crippen LogP contribution is 2.36. The summed E-state index contributed by atoms with van der Waals surface area (Å²) >= 11 is 0. The van der Waals surface area contributed by atoms with E-state index in [4.69, 9.17) is 4.74 Å². The van der Waals surface area contributed by atoms with Gasteiger partial charge in [0.15, 0.2) is 0 Å². The first kappa shape index (κ1) is 19.4. The van der Waals surface area contributed by atoms with Crippen LogP contribution in [0.1, 0.15) is 51.2 Å². The lowest BCUT2D eigenvalue weighted by Crippen LogP contribution is -2.55. The zero-order chi connectivity index (χ0) is 18.6. The molecule has 2 amide bonds. The molecule has 138 valence electrons. The number of hydrogen-bond donors (Lipinski definition) is 1. The standard InChI is InChI=1S/C20H30N2O3/c1-14(2)25-10-6-9-21-19(24)20(5)8-7-18(23)22(20)17-12-15(3)11-16(4)13-17/h11-14H,6-10H2,1-5H3,(H,21,24)/t20-/m0/s1. The molecule has 0 aliphatic carbocycles. The minimum atomic E-state index is -0.837. The fraction of sp³-hybridized carbons (Fsp3) is 0.600. The van der Waals surface area contributed by atoms with Gasteiger partial charge in [0.1, 0.15) is 5.54 Å². The number of ether oxygens (including phenoxy) is 1. The molecule has 0 saturated carbocycles. The van der Waals surface area contributed by atoms with Gasteiger partial charge >= 0.3 is 0 Å². The van der Waals surface area contributed by atoms with Crippen molar-refractivity contribution in [1.82, 2.24) is 5.32 Å². The number of rotatable bonds is 7. The van der Waals surface area contributed by atoms with Crippen molar-refractivity contribution in [2.75, 3.05) is 18.1 Å². The van der Waals surface area contributed by atoms with Crippen LogP contribution in [0.25, 0.3) is 0 Å².